The third-order valence-electron chi connectivity index (χ3n) is 12.9. The molecule has 5 atom stereocenters. The molecule has 0 saturated carbocycles. The lowest BCUT2D eigenvalue weighted by atomic mass is 9.82. The number of nitrogens with zero attached hydrogens (tertiary/aromatic N) is 3. The average molecular weight is 837 g/mol. The molecule has 0 unspecified atom stereocenters. The molecule has 1 spiro atoms. The molecular weight excluding hydrogens is 786 g/mol. The van der Waals surface area contributed by atoms with Crippen molar-refractivity contribution in [2.24, 2.45) is 5.92 Å². The Morgan fingerprint density at radius 3 is 2.48 bits per heavy atom. The van der Waals surface area contributed by atoms with Gasteiger partial charge in [-0.3, -0.25) is 14.4 Å². The predicted octanol–water partition coefficient (Wildman–Crippen LogP) is 7.07. The maximum absolute atomic E-state index is 15.4. The second kappa shape index (κ2) is 15.2. The molecule has 292 valence electrons. The largest absolute Gasteiger partial charge is 0.497 e. The van der Waals surface area contributed by atoms with E-state index in [4.69, 9.17) is 9.47 Å². The zero-order chi connectivity index (χ0) is 39.4. The number of aliphatic hydroxyl groups excluding tert-OH is 1. The van der Waals surface area contributed by atoms with Gasteiger partial charge >= 0.3 is 0 Å². The summed E-state index contributed by atoms with van der Waals surface area (Å²) in [5.74, 6) is 0.382. The second-order valence-electron chi connectivity index (χ2n) is 16.4. The number of fused-ring (bicyclic) bond motifs is 3. The van der Waals surface area contributed by atoms with Crippen LogP contribution in [0.4, 0.5) is 11.4 Å². The summed E-state index contributed by atoms with van der Waals surface area (Å²) < 4.78 is 13.7. The number of carbonyl (C=O) groups excluding carboxylic acids is 3. The van der Waals surface area contributed by atoms with Crippen LogP contribution < -0.4 is 19.7 Å². The third kappa shape index (κ3) is 6.60. The number of benzene rings is 4. The van der Waals surface area contributed by atoms with Crippen LogP contribution in [0.15, 0.2) is 95.5 Å². The molecule has 3 amide bonds. The van der Waals surface area contributed by atoms with Gasteiger partial charge in [0, 0.05) is 41.2 Å². The van der Waals surface area contributed by atoms with Gasteiger partial charge in [0.2, 0.25) is 11.8 Å². The lowest BCUT2D eigenvalue weighted by molar-refractivity contribution is -0.151. The van der Waals surface area contributed by atoms with Crippen LogP contribution in [0.2, 0.25) is 18.6 Å². The van der Waals surface area contributed by atoms with Crippen molar-refractivity contribution < 1.29 is 29.0 Å². The summed E-state index contributed by atoms with van der Waals surface area (Å²) in [5.41, 5.74) is 4.12. The Morgan fingerprint density at radius 2 is 1.75 bits per heavy atom. The first-order valence-electron chi connectivity index (χ1n) is 19.8. The molecule has 4 aliphatic rings. The van der Waals surface area contributed by atoms with Gasteiger partial charge in [0.05, 0.1) is 52.6 Å². The SMILES string of the molecule is COc1ccc([Si](C)(C)[C@H]2[C@H](CC(=O)N3Cc4ccccc4C[C@H]3CO)O[C@@]3(C(=O)N(Cc4cccc(N5CCCCC5=O)c4)c4ccc(Br)cc43)[C@@H]2C)cc1. The molecule has 0 aliphatic carbocycles. The van der Waals surface area contributed by atoms with Crippen LogP contribution in [0.1, 0.15) is 54.9 Å². The standard InChI is InChI=1S/C45H50BrN3O6Si/c1-29-43(56(3,4)37-18-16-36(54-2)17-19-37)40(25-42(52)48-27-32-12-6-5-11-31(32)23-35(48)28-50)55-45(29)38-24-33(46)15-20-39(38)49(44(45)53)26-30-10-9-13-34(22-30)47-21-8-7-14-41(47)51/h5-6,9-13,15-20,22,24,29,35,40,43,50H,7-8,14,21,23,25-28H2,1-4H3/t29-,35+,40+,43-,45+/m1/s1. The van der Waals surface area contributed by atoms with Gasteiger partial charge in [0.15, 0.2) is 5.60 Å². The Hall–Kier alpha value is -4.29. The Balaban J connectivity index is 1.18. The number of ether oxygens (including phenoxy) is 2. The van der Waals surface area contributed by atoms with Crippen molar-refractivity contribution in [3.63, 3.8) is 0 Å². The summed E-state index contributed by atoms with van der Waals surface area (Å²) in [6.07, 6.45) is 2.52. The Kier molecular flexibility index (Phi) is 10.5. The maximum Gasteiger partial charge on any atom is 0.264 e. The molecule has 9 nitrogen and oxygen atoms in total. The number of halogens is 1. The van der Waals surface area contributed by atoms with Crippen molar-refractivity contribution >= 4 is 58.3 Å². The van der Waals surface area contributed by atoms with Crippen LogP contribution >= 0.6 is 15.9 Å². The first-order chi connectivity index (χ1) is 27.0. The molecule has 56 heavy (non-hydrogen) atoms. The third-order valence-corrected chi connectivity index (χ3v) is 17.8. The molecule has 0 bridgehead atoms. The van der Waals surface area contributed by atoms with Gasteiger partial charge in [-0.05, 0) is 84.0 Å². The number of aliphatic hydroxyl groups is 1. The second-order valence-corrected chi connectivity index (χ2v) is 22.0. The van der Waals surface area contributed by atoms with Crippen LogP contribution in [0.25, 0.3) is 0 Å². The fourth-order valence-corrected chi connectivity index (χ4v) is 14.4. The Bertz CT molecular complexity index is 2160. The van der Waals surface area contributed by atoms with Crippen molar-refractivity contribution in [1.82, 2.24) is 4.90 Å². The van der Waals surface area contributed by atoms with Crippen LogP contribution in [-0.4, -0.2) is 68.2 Å². The number of rotatable bonds is 9. The minimum atomic E-state index is -2.52. The van der Waals surface area contributed by atoms with Crippen molar-refractivity contribution in [2.75, 3.05) is 30.1 Å². The van der Waals surface area contributed by atoms with Gasteiger partial charge in [-0.2, -0.15) is 0 Å². The Labute approximate surface area is 338 Å². The maximum atomic E-state index is 15.4. The Morgan fingerprint density at radius 1 is 0.982 bits per heavy atom. The molecule has 4 aromatic carbocycles. The summed E-state index contributed by atoms with van der Waals surface area (Å²) >= 11 is 3.71. The molecular formula is C45H50BrN3O6Si. The number of amides is 3. The van der Waals surface area contributed by atoms with Gasteiger partial charge < -0.3 is 29.3 Å². The van der Waals surface area contributed by atoms with Crippen molar-refractivity contribution in [3.8, 4) is 5.75 Å². The van der Waals surface area contributed by atoms with Gasteiger partial charge in [0.1, 0.15) is 5.75 Å². The lowest BCUT2D eigenvalue weighted by Crippen LogP contribution is -2.52. The van der Waals surface area contributed by atoms with Crippen molar-refractivity contribution in [1.29, 1.82) is 0 Å². The number of hydrogen-bond donors (Lipinski definition) is 1. The topological polar surface area (TPSA) is 99.6 Å². The zero-order valence-electron chi connectivity index (χ0n) is 32.5. The summed E-state index contributed by atoms with van der Waals surface area (Å²) in [4.78, 5) is 48.4. The number of hydrogen-bond acceptors (Lipinski definition) is 6. The number of carbonyl (C=O) groups is 3. The van der Waals surface area contributed by atoms with E-state index in [1.165, 1.54) is 5.19 Å². The van der Waals surface area contributed by atoms with E-state index < -0.39 is 19.8 Å². The smallest absolute Gasteiger partial charge is 0.264 e. The molecule has 11 heteroatoms. The van der Waals surface area contributed by atoms with Gasteiger partial charge in [-0.15, -0.1) is 0 Å². The molecule has 4 aromatic rings. The van der Waals surface area contributed by atoms with Crippen LogP contribution in [-0.2, 0) is 44.2 Å². The summed E-state index contributed by atoms with van der Waals surface area (Å²) in [6.45, 7) is 8.04. The first kappa shape index (κ1) is 38.6. The highest BCUT2D eigenvalue weighted by Gasteiger charge is 2.66. The van der Waals surface area contributed by atoms with E-state index in [0.717, 1.165) is 56.7 Å². The van der Waals surface area contributed by atoms with E-state index in [0.29, 0.717) is 32.5 Å². The lowest BCUT2D eigenvalue weighted by Gasteiger charge is -2.39. The highest BCUT2D eigenvalue weighted by molar-refractivity contribution is 9.10. The molecule has 4 heterocycles. The van der Waals surface area contributed by atoms with E-state index >= 15 is 4.79 Å². The van der Waals surface area contributed by atoms with E-state index in [1.54, 1.807) is 7.11 Å². The first-order valence-corrected chi connectivity index (χ1v) is 23.6. The summed E-state index contributed by atoms with van der Waals surface area (Å²) in [5, 5.41) is 11.7. The number of anilines is 2. The molecule has 1 N–H and O–H groups in total. The number of piperidine rings is 1. The molecule has 4 aliphatic heterocycles. The molecule has 2 fully saturated rings. The van der Waals surface area contributed by atoms with Crippen molar-refractivity contribution in [2.45, 2.75) is 88.5 Å². The predicted molar refractivity (Wildman–Crippen MR) is 224 cm³/mol. The fraction of sp³-hybridized carbons (Fsp3) is 0.400. The molecule has 2 saturated heterocycles. The highest BCUT2D eigenvalue weighted by atomic mass is 79.9. The van der Waals surface area contributed by atoms with Crippen molar-refractivity contribution in [3.05, 3.63) is 118 Å². The van der Waals surface area contributed by atoms with Crippen LogP contribution in [0, 0.1) is 5.92 Å². The van der Waals surface area contributed by atoms with Gasteiger partial charge in [0.25, 0.3) is 5.91 Å². The van der Waals surface area contributed by atoms with Crippen LogP contribution in [0.3, 0.4) is 0 Å². The van der Waals surface area contributed by atoms with E-state index in [2.05, 4.69) is 60.2 Å². The summed E-state index contributed by atoms with van der Waals surface area (Å²) in [7, 11) is -0.858. The van der Waals surface area contributed by atoms with Gasteiger partial charge in [-0.1, -0.05) is 89.7 Å². The minimum absolute atomic E-state index is 0.0850. The van der Waals surface area contributed by atoms with Crippen LogP contribution in [0.5, 0.6) is 5.75 Å². The quantitative estimate of drug-likeness (QED) is 0.181. The monoisotopic (exact) mass is 835 g/mol. The van der Waals surface area contributed by atoms with E-state index in [1.807, 2.05) is 81.4 Å². The highest BCUT2D eigenvalue weighted by Crippen LogP contribution is 2.60. The van der Waals surface area contributed by atoms with E-state index in [9.17, 15) is 14.7 Å². The molecule has 8 rings (SSSR count). The zero-order valence-corrected chi connectivity index (χ0v) is 35.1. The van der Waals surface area contributed by atoms with E-state index in [-0.39, 0.29) is 48.3 Å². The average Bonchev–Trinajstić information content (AvgIpc) is 3.63. The molecule has 0 radical (unpaired) electrons. The fourth-order valence-electron chi connectivity index (χ4n) is 10.1. The molecule has 0 aromatic heterocycles. The van der Waals surface area contributed by atoms with Gasteiger partial charge in [-0.25, -0.2) is 0 Å². The summed E-state index contributed by atoms with van der Waals surface area (Å²) in [6, 6.07) is 29.9. The minimum Gasteiger partial charge on any atom is -0.497 e. The normalized spacial score (nSPS) is 24.8. The number of methoxy groups -OCH3 is 1.